The van der Waals surface area contributed by atoms with E-state index in [1.165, 1.54) is 66.3 Å². The first kappa shape index (κ1) is 17.3. The molecule has 0 heterocycles. The standard InChI is InChI=1S/C26H30/c1-3-19-5-8-21(9-6-19)22-11-13-23(14-12-22)25-16-15-24-17-20(4-2)7-10-26(24)18-25/h3-4,11-16,18-21H,1-2,5-10,17H2. The largest absolute Gasteiger partial charge is 0.103 e. The average molecular weight is 343 g/mol. The minimum absolute atomic E-state index is 0.656. The lowest BCUT2D eigenvalue weighted by atomic mass is 9.78. The zero-order valence-corrected chi connectivity index (χ0v) is 15.8. The van der Waals surface area contributed by atoms with Gasteiger partial charge in [-0.1, -0.05) is 54.6 Å². The van der Waals surface area contributed by atoms with Crippen molar-refractivity contribution < 1.29 is 0 Å². The van der Waals surface area contributed by atoms with Gasteiger partial charge < -0.3 is 0 Å². The van der Waals surface area contributed by atoms with Gasteiger partial charge in [-0.3, -0.25) is 0 Å². The molecule has 0 aliphatic heterocycles. The van der Waals surface area contributed by atoms with Crippen LogP contribution in [0.3, 0.4) is 0 Å². The molecule has 0 saturated heterocycles. The van der Waals surface area contributed by atoms with E-state index < -0.39 is 0 Å². The molecule has 0 heteroatoms. The predicted molar refractivity (Wildman–Crippen MR) is 112 cm³/mol. The summed E-state index contributed by atoms with van der Waals surface area (Å²) in [6.45, 7) is 7.94. The van der Waals surface area contributed by atoms with E-state index in [1.807, 2.05) is 0 Å². The second-order valence-corrected chi connectivity index (χ2v) is 8.19. The maximum atomic E-state index is 3.97. The van der Waals surface area contributed by atoms with E-state index in [0.717, 1.165) is 18.3 Å². The molecule has 0 N–H and O–H groups in total. The van der Waals surface area contributed by atoms with Gasteiger partial charge in [-0.05, 0) is 90.5 Å². The van der Waals surface area contributed by atoms with Crippen molar-refractivity contribution in [1.82, 2.24) is 0 Å². The highest BCUT2D eigenvalue weighted by atomic mass is 14.3. The van der Waals surface area contributed by atoms with Crippen LogP contribution in [0, 0.1) is 11.8 Å². The van der Waals surface area contributed by atoms with Crippen LogP contribution < -0.4 is 0 Å². The molecular formula is C26H30. The molecule has 0 aromatic heterocycles. The van der Waals surface area contributed by atoms with Crippen LogP contribution in [0.5, 0.6) is 0 Å². The fourth-order valence-electron chi connectivity index (χ4n) is 4.80. The van der Waals surface area contributed by atoms with Gasteiger partial charge in [0.2, 0.25) is 0 Å². The molecule has 4 rings (SSSR count). The summed E-state index contributed by atoms with van der Waals surface area (Å²) in [5.41, 5.74) is 7.28. The summed E-state index contributed by atoms with van der Waals surface area (Å²) in [5.74, 6) is 2.13. The Kier molecular flexibility index (Phi) is 5.11. The Morgan fingerprint density at radius 3 is 2.08 bits per heavy atom. The molecular weight excluding hydrogens is 312 g/mol. The van der Waals surface area contributed by atoms with E-state index in [2.05, 4.69) is 67.8 Å². The Labute approximate surface area is 158 Å². The minimum Gasteiger partial charge on any atom is -0.103 e. The van der Waals surface area contributed by atoms with E-state index in [1.54, 1.807) is 0 Å². The first-order chi connectivity index (χ1) is 12.8. The van der Waals surface area contributed by atoms with E-state index in [4.69, 9.17) is 0 Å². The molecule has 0 radical (unpaired) electrons. The fourth-order valence-corrected chi connectivity index (χ4v) is 4.80. The average Bonchev–Trinajstić information content (AvgIpc) is 2.73. The highest BCUT2D eigenvalue weighted by molar-refractivity contribution is 5.65. The highest BCUT2D eigenvalue weighted by Gasteiger charge is 2.21. The fraction of sp³-hybridized carbons (Fsp3) is 0.385. The molecule has 2 aromatic carbocycles. The lowest BCUT2D eigenvalue weighted by Gasteiger charge is -2.27. The monoisotopic (exact) mass is 342 g/mol. The summed E-state index contributed by atoms with van der Waals surface area (Å²) in [4.78, 5) is 0. The molecule has 1 atom stereocenters. The third-order valence-electron chi connectivity index (χ3n) is 6.63. The molecule has 134 valence electrons. The van der Waals surface area contributed by atoms with E-state index in [9.17, 15) is 0 Å². The number of allylic oxidation sites excluding steroid dienone is 2. The molecule has 1 saturated carbocycles. The van der Waals surface area contributed by atoms with Gasteiger partial charge in [-0.15, -0.1) is 13.2 Å². The van der Waals surface area contributed by atoms with Crippen LogP contribution in [0.2, 0.25) is 0 Å². The number of hydrogen-bond acceptors (Lipinski definition) is 0. The second-order valence-electron chi connectivity index (χ2n) is 8.19. The topological polar surface area (TPSA) is 0 Å². The summed E-state index contributed by atoms with van der Waals surface area (Å²) in [6, 6.07) is 16.4. The first-order valence-corrected chi connectivity index (χ1v) is 10.2. The minimum atomic E-state index is 0.656. The molecule has 26 heavy (non-hydrogen) atoms. The number of fused-ring (bicyclic) bond motifs is 1. The zero-order chi connectivity index (χ0) is 17.9. The highest BCUT2D eigenvalue weighted by Crippen LogP contribution is 2.37. The van der Waals surface area contributed by atoms with Crippen LogP contribution in [-0.2, 0) is 12.8 Å². The van der Waals surface area contributed by atoms with Crippen LogP contribution in [0.4, 0.5) is 0 Å². The molecule has 1 unspecified atom stereocenters. The normalized spacial score (nSPS) is 25.3. The van der Waals surface area contributed by atoms with Gasteiger partial charge in [-0.25, -0.2) is 0 Å². The maximum absolute atomic E-state index is 3.97. The Morgan fingerprint density at radius 2 is 1.38 bits per heavy atom. The number of hydrogen-bond donors (Lipinski definition) is 0. The van der Waals surface area contributed by atoms with Gasteiger partial charge in [0, 0.05) is 0 Å². The van der Waals surface area contributed by atoms with Crippen LogP contribution in [0.15, 0.2) is 67.8 Å². The third kappa shape index (κ3) is 3.56. The molecule has 2 aromatic rings. The van der Waals surface area contributed by atoms with E-state index in [0.29, 0.717) is 5.92 Å². The Bertz CT molecular complexity index is 772. The number of rotatable bonds is 4. The van der Waals surface area contributed by atoms with Gasteiger partial charge in [0.05, 0.1) is 0 Å². The SMILES string of the molecule is C=CC1CCC(c2ccc(-c3ccc4c(c3)CCC(C=C)C4)cc2)CC1. The van der Waals surface area contributed by atoms with Crippen molar-refractivity contribution in [2.24, 2.45) is 11.8 Å². The summed E-state index contributed by atoms with van der Waals surface area (Å²) >= 11 is 0. The Hall–Kier alpha value is -2.08. The molecule has 0 amide bonds. The first-order valence-electron chi connectivity index (χ1n) is 10.2. The number of benzene rings is 2. The second kappa shape index (κ2) is 7.66. The maximum Gasteiger partial charge on any atom is -0.0162 e. The molecule has 2 aliphatic rings. The Balaban J connectivity index is 1.49. The third-order valence-corrected chi connectivity index (χ3v) is 6.63. The van der Waals surface area contributed by atoms with E-state index in [-0.39, 0.29) is 0 Å². The molecule has 0 spiro atoms. The van der Waals surface area contributed by atoms with Crippen molar-refractivity contribution in [3.05, 3.63) is 84.5 Å². The predicted octanol–water partition coefficient (Wildman–Crippen LogP) is 7.10. The molecule has 0 bridgehead atoms. The van der Waals surface area contributed by atoms with Gasteiger partial charge in [0.1, 0.15) is 0 Å². The van der Waals surface area contributed by atoms with Gasteiger partial charge >= 0.3 is 0 Å². The molecule has 1 fully saturated rings. The Morgan fingerprint density at radius 1 is 0.692 bits per heavy atom. The molecule has 0 nitrogen and oxygen atoms in total. The van der Waals surface area contributed by atoms with Crippen LogP contribution >= 0.6 is 0 Å². The summed E-state index contributed by atoms with van der Waals surface area (Å²) in [6.07, 6.45) is 13.1. The summed E-state index contributed by atoms with van der Waals surface area (Å²) < 4.78 is 0. The zero-order valence-electron chi connectivity index (χ0n) is 15.8. The number of aryl methyl sites for hydroxylation is 1. The molecule has 2 aliphatic carbocycles. The van der Waals surface area contributed by atoms with Gasteiger partial charge in [0.25, 0.3) is 0 Å². The van der Waals surface area contributed by atoms with Crippen molar-refractivity contribution in [3.63, 3.8) is 0 Å². The lowest BCUT2D eigenvalue weighted by Crippen LogP contribution is -2.12. The van der Waals surface area contributed by atoms with Crippen LogP contribution in [-0.4, -0.2) is 0 Å². The van der Waals surface area contributed by atoms with Crippen molar-refractivity contribution in [2.45, 2.75) is 50.9 Å². The summed E-state index contributed by atoms with van der Waals surface area (Å²) in [5, 5.41) is 0. The quantitative estimate of drug-likeness (QED) is 0.520. The smallest absolute Gasteiger partial charge is 0.0162 e. The van der Waals surface area contributed by atoms with Crippen molar-refractivity contribution in [3.8, 4) is 11.1 Å². The van der Waals surface area contributed by atoms with Crippen LogP contribution in [0.25, 0.3) is 11.1 Å². The lowest BCUT2D eigenvalue weighted by molar-refractivity contribution is 0.376. The van der Waals surface area contributed by atoms with E-state index >= 15 is 0 Å². The van der Waals surface area contributed by atoms with Gasteiger partial charge in [0.15, 0.2) is 0 Å². The van der Waals surface area contributed by atoms with Crippen molar-refractivity contribution in [1.29, 1.82) is 0 Å². The van der Waals surface area contributed by atoms with Crippen LogP contribution in [0.1, 0.15) is 54.7 Å². The summed E-state index contributed by atoms with van der Waals surface area (Å²) in [7, 11) is 0. The van der Waals surface area contributed by atoms with Gasteiger partial charge in [-0.2, -0.15) is 0 Å². The van der Waals surface area contributed by atoms with Crippen molar-refractivity contribution >= 4 is 0 Å². The van der Waals surface area contributed by atoms with Crippen molar-refractivity contribution in [2.75, 3.05) is 0 Å².